The zero-order valence-electron chi connectivity index (χ0n) is 16.4. The average molecular weight is 430 g/mol. The number of carbonyl (C=O) groups is 3. The SMILES string of the molecule is COC(=O)c1ccc(OC)c(CN2N=N[C@@H]3C(=O)N(c4ccc(F)c(F)c4)C(=O)[C@H]32)c1. The van der Waals surface area contributed by atoms with Crippen LogP contribution in [0.2, 0.25) is 0 Å². The number of carbonyl (C=O) groups excluding carboxylic acids is 3. The minimum atomic E-state index is -1.18. The van der Waals surface area contributed by atoms with Crippen molar-refractivity contribution in [2.75, 3.05) is 19.1 Å². The highest BCUT2D eigenvalue weighted by molar-refractivity contribution is 6.25. The topological polar surface area (TPSA) is 101 Å². The van der Waals surface area contributed by atoms with Gasteiger partial charge in [-0.1, -0.05) is 5.22 Å². The number of anilines is 1. The fourth-order valence-corrected chi connectivity index (χ4v) is 3.55. The van der Waals surface area contributed by atoms with E-state index in [2.05, 4.69) is 10.3 Å². The minimum Gasteiger partial charge on any atom is -0.496 e. The van der Waals surface area contributed by atoms with Crippen molar-refractivity contribution >= 4 is 23.5 Å². The Bertz CT molecular complexity index is 1120. The smallest absolute Gasteiger partial charge is 0.337 e. The lowest BCUT2D eigenvalue weighted by Gasteiger charge is -2.21. The Balaban J connectivity index is 1.63. The normalized spacial score (nSPS) is 19.7. The van der Waals surface area contributed by atoms with Gasteiger partial charge in [0.05, 0.1) is 32.0 Å². The highest BCUT2D eigenvalue weighted by Gasteiger charge is 2.54. The van der Waals surface area contributed by atoms with Crippen LogP contribution in [0, 0.1) is 11.6 Å². The average Bonchev–Trinajstić information content (AvgIpc) is 3.29. The molecule has 4 rings (SSSR count). The summed E-state index contributed by atoms with van der Waals surface area (Å²) in [6, 6.07) is 5.20. The van der Waals surface area contributed by atoms with E-state index < -0.39 is 41.5 Å². The van der Waals surface area contributed by atoms with Crippen molar-refractivity contribution in [2.24, 2.45) is 10.3 Å². The highest BCUT2D eigenvalue weighted by atomic mass is 19.2. The zero-order chi connectivity index (χ0) is 22.3. The number of rotatable bonds is 5. The lowest BCUT2D eigenvalue weighted by Crippen LogP contribution is -2.39. The van der Waals surface area contributed by atoms with Gasteiger partial charge in [0.15, 0.2) is 23.7 Å². The van der Waals surface area contributed by atoms with Crippen LogP contribution in [0.1, 0.15) is 15.9 Å². The predicted octanol–water partition coefficient (Wildman–Crippen LogP) is 2.25. The molecule has 0 saturated carbocycles. The fourth-order valence-electron chi connectivity index (χ4n) is 3.55. The Morgan fingerprint density at radius 3 is 2.52 bits per heavy atom. The standard InChI is InChI=1S/C20H16F2N4O5/c1-30-15-6-3-10(20(29)31-2)7-11(15)9-25-17-16(23-24-25)18(27)26(19(17)28)12-4-5-13(21)14(22)8-12/h3-8,16-17H,9H2,1-2H3/t16-,17-/m0/s1. The number of nitrogens with zero attached hydrogens (tertiary/aromatic N) is 4. The third kappa shape index (κ3) is 3.37. The number of hydrogen-bond donors (Lipinski definition) is 0. The van der Waals surface area contributed by atoms with Crippen LogP contribution in [0.15, 0.2) is 46.7 Å². The van der Waals surface area contributed by atoms with Gasteiger partial charge >= 0.3 is 5.97 Å². The predicted molar refractivity (Wildman–Crippen MR) is 101 cm³/mol. The Morgan fingerprint density at radius 1 is 1.06 bits per heavy atom. The van der Waals surface area contributed by atoms with Crippen LogP contribution in [-0.4, -0.2) is 49.1 Å². The van der Waals surface area contributed by atoms with E-state index in [1.54, 1.807) is 6.07 Å². The second-order valence-electron chi connectivity index (χ2n) is 6.82. The lowest BCUT2D eigenvalue weighted by atomic mass is 10.1. The third-order valence-corrected chi connectivity index (χ3v) is 5.05. The molecule has 2 heterocycles. The lowest BCUT2D eigenvalue weighted by molar-refractivity contribution is -0.123. The van der Waals surface area contributed by atoms with Crippen molar-refractivity contribution in [3.8, 4) is 5.75 Å². The second-order valence-corrected chi connectivity index (χ2v) is 6.82. The van der Waals surface area contributed by atoms with Gasteiger partial charge in [-0.3, -0.25) is 14.6 Å². The maximum absolute atomic E-state index is 13.6. The molecule has 1 fully saturated rings. The fraction of sp³-hybridized carbons (Fsp3) is 0.250. The summed E-state index contributed by atoms with van der Waals surface area (Å²) in [5.74, 6) is -3.77. The number of amides is 2. The molecule has 2 amide bonds. The molecular formula is C20H16F2N4O5. The monoisotopic (exact) mass is 430 g/mol. The van der Waals surface area contributed by atoms with Crippen LogP contribution in [0.3, 0.4) is 0 Å². The van der Waals surface area contributed by atoms with Crippen molar-refractivity contribution in [2.45, 2.75) is 18.6 Å². The Labute approximate surface area is 174 Å². The summed E-state index contributed by atoms with van der Waals surface area (Å²) in [6.07, 6.45) is 0. The van der Waals surface area contributed by atoms with E-state index in [1.807, 2.05) is 0 Å². The molecule has 0 bridgehead atoms. The summed E-state index contributed by atoms with van der Waals surface area (Å²) < 4.78 is 36.9. The maximum Gasteiger partial charge on any atom is 0.337 e. The van der Waals surface area contributed by atoms with Crippen LogP contribution in [0.5, 0.6) is 5.75 Å². The number of ether oxygens (including phenoxy) is 2. The third-order valence-electron chi connectivity index (χ3n) is 5.05. The van der Waals surface area contributed by atoms with Gasteiger partial charge in [0.25, 0.3) is 11.8 Å². The molecule has 0 radical (unpaired) electrons. The summed E-state index contributed by atoms with van der Waals surface area (Å²) in [5, 5.41) is 9.12. The number of halogens is 2. The zero-order valence-corrected chi connectivity index (χ0v) is 16.4. The van der Waals surface area contributed by atoms with Gasteiger partial charge in [-0.25, -0.2) is 18.5 Å². The molecule has 0 N–H and O–H groups in total. The van der Waals surface area contributed by atoms with Gasteiger partial charge in [-0.2, -0.15) is 5.11 Å². The Hall–Kier alpha value is -3.89. The molecule has 9 nitrogen and oxygen atoms in total. The molecule has 1 saturated heterocycles. The molecule has 0 aromatic heterocycles. The molecule has 31 heavy (non-hydrogen) atoms. The first kappa shape index (κ1) is 20.4. The van der Waals surface area contributed by atoms with Crippen LogP contribution in [0.25, 0.3) is 0 Å². The molecule has 2 aliphatic heterocycles. The first-order valence-electron chi connectivity index (χ1n) is 9.11. The highest BCUT2D eigenvalue weighted by Crippen LogP contribution is 2.34. The number of benzene rings is 2. The summed E-state index contributed by atoms with van der Waals surface area (Å²) in [6.45, 7) is 0.00329. The molecule has 160 valence electrons. The molecule has 2 aliphatic rings. The Morgan fingerprint density at radius 2 is 1.84 bits per heavy atom. The summed E-state index contributed by atoms with van der Waals surface area (Å²) in [5.41, 5.74) is 0.684. The molecule has 2 atom stereocenters. The molecule has 11 heteroatoms. The van der Waals surface area contributed by atoms with E-state index in [4.69, 9.17) is 9.47 Å². The van der Waals surface area contributed by atoms with Crippen LogP contribution in [0.4, 0.5) is 14.5 Å². The van der Waals surface area contributed by atoms with Crippen molar-refractivity contribution < 1.29 is 32.6 Å². The van der Waals surface area contributed by atoms with Crippen molar-refractivity contribution in [1.82, 2.24) is 5.01 Å². The largest absolute Gasteiger partial charge is 0.496 e. The first-order chi connectivity index (χ1) is 14.8. The number of methoxy groups -OCH3 is 2. The molecule has 0 aliphatic carbocycles. The molecule has 2 aromatic carbocycles. The second kappa shape index (κ2) is 7.74. The molecule has 0 unspecified atom stereocenters. The number of fused-ring (bicyclic) bond motifs is 1. The van der Waals surface area contributed by atoms with Crippen molar-refractivity contribution in [3.05, 3.63) is 59.2 Å². The van der Waals surface area contributed by atoms with Crippen LogP contribution < -0.4 is 9.64 Å². The summed E-state index contributed by atoms with van der Waals surface area (Å²) in [4.78, 5) is 38.3. The van der Waals surface area contributed by atoms with Crippen molar-refractivity contribution in [3.63, 3.8) is 0 Å². The maximum atomic E-state index is 13.6. The van der Waals surface area contributed by atoms with Gasteiger partial charge in [-0.05, 0) is 30.3 Å². The van der Waals surface area contributed by atoms with Gasteiger partial charge in [0, 0.05) is 11.6 Å². The van der Waals surface area contributed by atoms with Crippen molar-refractivity contribution in [1.29, 1.82) is 0 Å². The quantitative estimate of drug-likeness (QED) is 0.533. The van der Waals surface area contributed by atoms with Gasteiger partial charge in [-0.15, -0.1) is 0 Å². The van der Waals surface area contributed by atoms with E-state index in [0.717, 1.165) is 23.1 Å². The van der Waals surface area contributed by atoms with E-state index in [1.165, 1.54) is 31.4 Å². The number of imide groups is 1. The van der Waals surface area contributed by atoms with E-state index in [-0.39, 0.29) is 17.8 Å². The van der Waals surface area contributed by atoms with Gasteiger partial charge in [0.2, 0.25) is 0 Å². The molecule has 2 aromatic rings. The number of hydrogen-bond acceptors (Lipinski definition) is 8. The summed E-state index contributed by atoms with van der Waals surface area (Å²) >= 11 is 0. The Kier molecular flexibility index (Phi) is 5.09. The van der Waals surface area contributed by atoms with E-state index >= 15 is 0 Å². The van der Waals surface area contributed by atoms with E-state index in [9.17, 15) is 23.2 Å². The van der Waals surface area contributed by atoms with E-state index in [0.29, 0.717) is 11.3 Å². The molecular weight excluding hydrogens is 414 g/mol. The molecule has 0 spiro atoms. The van der Waals surface area contributed by atoms with Crippen LogP contribution in [-0.2, 0) is 20.9 Å². The van der Waals surface area contributed by atoms with Crippen LogP contribution >= 0.6 is 0 Å². The summed E-state index contributed by atoms with van der Waals surface area (Å²) in [7, 11) is 2.70. The number of esters is 1. The first-order valence-corrected chi connectivity index (χ1v) is 9.11. The van der Waals surface area contributed by atoms with Gasteiger partial charge in [0.1, 0.15) is 5.75 Å². The minimum absolute atomic E-state index is 0.00329. The van der Waals surface area contributed by atoms with Gasteiger partial charge < -0.3 is 9.47 Å².